The van der Waals surface area contributed by atoms with Crippen LogP contribution in [0.15, 0.2) is 24.8 Å². The van der Waals surface area contributed by atoms with Crippen LogP contribution in [0, 0.1) is 5.92 Å². The zero-order valence-electron chi connectivity index (χ0n) is 17.5. The van der Waals surface area contributed by atoms with Crippen LogP contribution >= 0.6 is 0 Å². The molecule has 3 N–H and O–H groups in total. The lowest BCUT2D eigenvalue weighted by atomic mass is 9.72. The summed E-state index contributed by atoms with van der Waals surface area (Å²) in [6, 6.07) is 2.09. The number of piperidine rings is 1. The molecule has 9 heteroatoms. The molecule has 162 valence electrons. The van der Waals surface area contributed by atoms with E-state index in [1.165, 1.54) is 0 Å². The van der Waals surface area contributed by atoms with Gasteiger partial charge in [0.1, 0.15) is 18.3 Å². The molecular formula is C21H30FN7O. The molecule has 0 radical (unpaired) electrons. The van der Waals surface area contributed by atoms with Gasteiger partial charge >= 0.3 is 0 Å². The van der Waals surface area contributed by atoms with Gasteiger partial charge in [-0.25, -0.2) is 19.8 Å². The Hall–Kier alpha value is -2.10. The number of alkyl halides is 1. The summed E-state index contributed by atoms with van der Waals surface area (Å²) in [7, 11) is 1.87. The fourth-order valence-electron chi connectivity index (χ4n) is 5.41. The number of aliphatic hydroxyl groups is 1. The molecule has 30 heavy (non-hydrogen) atoms. The van der Waals surface area contributed by atoms with Crippen molar-refractivity contribution in [3.63, 3.8) is 0 Å². The Morgan fingerprint density at radius 3 is 2.90 bits per heavy atom. The molecule has 6 atom stereocenters. The van der Waals surface area contributed by atoms with Crippen LogP contribution in [0.5, 0.6) is 0 Å². The third-order valence-corrected chi connectivity index (χ3v) is 6.96. The van der Waals surface area contributed by atoms with Gasteiger partial charge in [0.2, 0.25) is 0 Å². The van der Waals surface area contributed by atoms with Gasteiger partial charge in [0.25, 0.3) is 0 Å². The van der Waals surface area contributed by atoms with E-state index < -0.39 is 11.8 Å². The second kappa shape index (κ2) is 7.55. The fourth-order valence-corrected chi connectivity index (χ4v) is 5.41. The van der Waals surface area contributed by atoms with Crippen LogP contribution in [0.3, 0.4) is 0 Å². The molecule has 3 aliphatic rings. The lowest BCUT2D eigenvalue weighted by molar-refractivity contribution is 0.0447. The highest BCUT2D eigenvalue weighted by Gasteiger charge is 2.46. The Morgan fingerprint density at radius 2 is 2.13 bits per heavy atom. The second-order valence-corrected chi connectivity index (χ2v) is 9.40. The average molecular weight is 416 g/mol. The fraction of sp³-hybridized carbons (Fsp3) is 0.667. The molecule has 1 saturated carbocycles. The van der Waals surface area contributed by atoms with Crippen LogP contribution in [0.25, 0.3) is 0 Å². The van der Waals surface area contributed by atoms with Crippen molar-refractivity contribution >= 4 is 5.82 Å². The summed E-state index contributed by atoms with van der Waals surface area (Å²) in [5.41, 5.74) is 7.84. The molecule has 2 saturated heterocycles. The Kier molecular flexibility index (Phi) is 4.99. The van der Waals surface area contributed by atoms with Crippen LogP contribution in [-0.4, -0.2) is 55.8 Å². The lowest BCUT2D eigenvalue weighted by Gasteiger charge is -2.38. The number of fused-ring (bicyclic) bond motifs is 1. The van der Waals surface area contributed by atoms with Gasteiger partial charge in [0.05, 0.1) is 23.5 Å². The largest absolute Gasteiger partial charge is 0.388 e. The molecule has 2 aromatic rings. The number of hydrazine groups is 1. The average Bonchev–Trinajstić information content (AvgIpc) is 3.32. The quantitative estimate of drug-likeness (QED) is 0.702. The van der Waals surface area contributed by atoms with Crippen molar-refractivity contribution in [3.8, 4) is 0 Å². The van der Waals surface area contributed by atoms with Gasteiger partial charge in [0.15, 0.2) is 0 Å². The Labute approximate surface area is 175 Å². The number of aromatic nitrogens is 4. The maximum atomic E-state index is 14.9. The van der Waals surface area contributed by atoms with E-state index in [1.54, 1.807) is 17.2 Å². The number of halogens is 1. The van der Waals surface area contributed by atoms with Gasteiger partial charge in [-0.1, -0.05) is 0 Å². The molecule has 5 rings (SSSR count). The summed E-state index contributed by atoms with van der Waals surface area (Å²) < 4.78 is 16.7. The van der Waals surface area contributed by atoms with Gasteiger partial charge < -0.3 is 10.0 Å². The van der Waals surface area contributed by atoms with E-state index in [0.29, 0.717) is 13.0 Å². The third kappa shape index (κ3) is 3.70. The summed E-state index contributed by atoms with van der Waals surface area (Å²) >= 11 is 0. The first-order chi connectivity index (χ1) is 14.4. The summed E-state index contributed by atoms with van der Waals surface area (Å²) in [4.78, 5) is 11.1. The highest BCUT2D eigenvalue weighted by atomic mass is 19.1. The number of nitrogens with zero attached hydrogens (tertiary/aromatic N) is 5. The minimum absolute atomic E-state index is 0.00581. The lowest BCUT2D eigenvalue weighted by Crippen LogP contribution is -2.46. The van der Waals surface area contributed by atoms with Gasteiger partial charge in [-0.2, -0.15) is 5.10 Å². The number of hydrogen-bond donors (Lipinski definition) is 3. The predicted octanol–water partition coefficient (Wildman–Crippen LogP) is 1.61. The first-order valence-corrected chi connectivity index (χ1v) is 10.8. The Balaban J connectivity index is 1.37. The Morgan fingerprint density at radius 1 is 1.27 bits per heavy atom. The normalized spacial score (nSPS) is 36.7. The molecular weight excluding hydrogens is 385 g/mol. The predicted molar refractivity (Wildman–Crippen MR) is 110 cm³/mol. The topological polar surface area (TPSA) is 91.1 Å². The molecule has 0 bridgehead atoms. The second-order valence-electron chi connectivity index (χ2n) is 9.40. The number of hydrogen-bond acceptors (Lipinski definition) is 7. The zero-order valence-corrected chi connectivity index (χ0v) is 17.5. The van der Waals surface area contributed by atoms with Crippen molar-refractivity contribution in [1.82, 2.24) is 30.6 Å². The minimum atomic E-state index is -0.889. The smallest absolute Gasteiger partial charge is 0.132 e. The molecule has 0 amide bonds. The minimum Gasteiger partial charge on any atom is -0.388 e. The summed E-state index contributed by atoms with van der Waals surface area (Å²) in [5, 5.41) is 14.7. The van der Waals surface area contributed by atoms with Gasteiger partial charge in [-0.05, 0) is 44.1 Å². The highest BCUT2D eigenvalue weighted by Crippen LogP contribution is 2.45. The number of aryl methyl sites for hydroxylation is 1. The molecule has 6 unspecified atom stereocenters. The summed E-state index contributed by atoms with van der Waals surface area (Å²) in [5.74, 6) is 0.922. The van der Waals surface area contributed by atoms with E-state index >= 15 is 0 Å². The third-order valence-electron chi connectivity index (χ3n) is 6.96. The molecule has 8 nitrogen and oxygen atoms in total. The number of anilines is 1. The maximum Gasteiger partial charge on any atom is 0.132 e. The molecule has 2 aliphatic heterocycles. The molecule has 0 spiro atoms. The number of nitrogens with one attached hydrogen (secondary N) is 2. The monoisotopic (exact) mass is 415 g/mol. The summed E-state index contributed by atoms with van der Waals surface area (Å²) in [6.07, 6.45) is 7.37. The van der Waals surface area contributed by atoms with Crippen LogP contribution in [0.2, 0.25) is 0 Å². The number of β-amino-alcohol motifs (C(OH)–C–C–N with tert-alkyl or cyclic N) is 1. The first-order valence-electron chi connectivity index (χ1n) is 10.8. The van der Waals surface area contributed by atoms with Crippen LogP contribution in [0.1, 0.15) is 55.8 Å². The molecule has 4 heterocycles. The van der Waals surface area contributed by atoms with Crippen molar-refractivity contribution in [1.29, 1.82) is 0 Å². The zero-order chi connectivity index (χ0) is 20.9. The summed E-state index contributed by atoms with van der Waals surface area (Å²) in [6.45, 7) is 3.32. The van der Waals surface area contributed by atoms with E-state index in [4.69, 9.17) is 0 Å². The van der Waals surface area contributed by atoms with E-state index in [2.05, 4.69) is 30.8 Å². The SMILES string of the molecule is Cn1cc(C2CC3C(CC2F)NNC3c2cc(N3CCCC(C)(O)C3)ncn2)cn1. The van der Waals surface area contributed by atoms with Crippen LogP contribution in [-0.2, 0) is 7.05 Å². The standard InChI is InChI=1S/C21H30FN7O/c1-21(30)4-3-5-29(11-21)19-8-18(23-12-24-19)20-15-6-14(13-9-25-28(2)10-13)16(22)7-17(15)26-27-20/h8-10,12,14-17,20,26-27,30H,3-7,11H2,1-2H3. The van der Waals surface area contributed by atoms with Crippen molar-refractivity contribution in [2.75, 3.05) is 18.0 Å². The highest BCUT2D eigenvalue weighted by molar-refractivity contribution is 5.41. The molecule has 1 aliphatic carbocycles. The van der Waals surface area contributed by atoms with Crippen LogP contribution < -0.4 is 15.8 Å². The van der Waals surface area contributed by atoms with E-state index in [9.17, 15) is 9.50 Å². The van der Waals surface area contributed by atoms with E-state index in [-0.39, 0.29) is 23.9 Å². The molecule has 2 aromatic heterocycles. The van der Waals surface area contributed by atoms with Crippen molar-refractivity contribution in [3.05, 3.63) is 36.0 Å². The van der Waals surface area contributed by atoms with Gasteiger partial charge in [0, 0.05) is 44.4 Å². The maximum absolute atomic E-state index is 14.9. The van der Waals surface area contributed by atoms with Gasteiger partial charge in [-0.3, -0.25) is 10.1 Å². The van der Waals surface area contributed by atoms with Crippen molar-refractivity contribution in [2.24, 2.45) is 13.0 Å². The Bertz CT molecular complexity index is 903. The first kappa shape index (κ1) is 19.8. The van der Waals surface area contributed by atoms with Gasteiger partial charge in [-0.15, -0.1) is 0 Å². The van der Waals surface area contributed by atoms with Crippen LogP contribution in [0.4, 0.5) is 10.2 Å². The van der Waals surface area contributed by atoms with E-state index in [1.807, 2.05) is 26.2 Å². The molecule has 3 fully saturated rings. The number of rotatable bonds is 3. The van der Waals surface area contributed by atoms with Crippen molar-refractivity contribution < 1.29 is 9.50 Å². The molecule has 0 aromatic carbocycles. The van der Waals surface area contributed by atoms with Crippen molar-refractivity contribution in [2.45, 2.75) is 62.4 Å². The van der Waals surface area contributed by atoms with E-state index in [0.717, 1.165) is 42.9 Å².